The van der Waals surface area contributed by atoms with Gasteiger partial charge in [-0.15, -0.1) is 0 Å². The molecule has 0 aliphatic carbocycles. The Morgan fingerprint density at radius 1 is 0.667 bits per heavy atom. The molecule has 0 fully saturated rings. The first-order chi connectivity index (χ1) is 20.7. The minimum absolute atomic E-state index is 0. The first kappa shape index (κ1) is 41.6. The van der Waals surface area contributed by atoms with Crippen molar-refractivity contribution in [1.82, 2.24) is 34.9 Å². The van der Waals surface area contributed by atoms with Crippen molar-refractivity contribution >= 4 is 162 Å². The van der Waals surface area contributed by atoms with Crippen molar-refractivity contribution in [1.29, 1.82) is 0 Å². The summed E-state index contributed by atoms with van der Waals surface area (Å²) < 4.78 is 2.27. The van der Waals surface area contributed by atoms with Gasteiger partial charge in [0.2, 0.25) is 0 Å². The fraction of sp³-hybridized carbons (Fsp3) is 0.0417. The molecule has 0 bridgehead atoms. The highest BCUT2D eigenvalue weighted by Crippen LogP contribution is 2.36. The van der Waals surface area contributed by atoms with Crippen molar-refractivity contribution in [2.75, 3.05) is 22.9 Å². The molecule has 0 unspecified atom stereocenters. The lowest BCUT2D eigenvalue weighted by Crippen LogP contribution is -1.97. The van der Waals surface area contributed by atoms with Crippen LogP contribution in [0.2, 0.25) is 30.5 Å². The quantitative estimate of drug-likeness (QED) is 0.0639. The SMILES string of the molecule is C.Clc1nccc(I)c1Cl.Nc1nc(Cl)c[nH]c1=S.Nc1nc(Cl)cnc1Sc1ccnc(N)c1Cl.Nc1nccc(I)c1Cl. The third kappa shape index (κ3) is 14.1. The van der Waals surface area contributed by atoms with Crippen LogP contribution in [0.15, 0.2) is 59.1 Å². The van der Waals surface area contributed by atoms with Crippen LogP contribution in [0.5, 0.6) is 0 Å². The molecular formula is C24H21Cl6I2N11S2. The normalized spacial score (nSPS) is 9.69. The van der Waals surface area contributed by atoms with Crippen LogP contribution in [0.25, 0.3) is 0 Å². The number of aromatic nitrogens is 7. The third-order valence-electron chi connectivity index (χ3n) is 4.27. The lowest BCUT2D eigenvalue weighted by molar-refractivity contribution is 1.07. The van der Waals surface area contributed by atoms with Crippen LogP contribution in [0.1, 0.15) is 7.43 Å². The number of H-pyrrole nitrogens is 1. The number of nitrogens with one attached hydrogen (secondary N) is 1. The van der Waals surface area contributed by atoms with Crippen molar-refractivity contribution < 1.29 is 0 Å². The van der Waals surface area contributed by atoms with Gasteiger partial charge in [-0.2, -0.15) is 0 Å². The Bertz CT molecular complexity index is 1700. The molecule has 5 aromatic heterocycles. The standard InChI is InChI=1S/C9H7Cl2N5S.C5H2Cl2IN.C5H4ClIN2.C4H4ClN3S.CH4/c10-5-3-15-9(8(13)16-5)17-4-1-2-14-7(12)6(4)11;6-4-3(8)1-2-9-5(4)7;6-4-3(7)1-2-9-5(4)8;5-2-1-7-4(9)3(6)8-2;/h1-3H,(H2,12,14)(H2,13,16);1-2H;1-2H,(H2,8,9);1H,(H2,6,8)(H,7,9);1H4. The zero-order chi connectivity index (χ0) is 33.0. The minimum atomic E-state index is 0. The molecule has 45 heavy (non-hydrogen) atoms. The average Bonchev–Trinajstić information content (AvgIpc) is 2.97. The lowest BCUT2D eigenvalue weighted by atomic mass is 10.5. The van der Waals surface area contributed by atoms with Gasteiger partial charge in [-0.05, 0) is 63.4 Å². The van der Waals surface area contributed by atoms with Crippen LogP contribution in [0, 0.1) is 11.8 Å². The molecule has 0 amide bonds. The van der Waals surface area contributed by atoms with Crippen LogP contribution in [-0.4, -0.2) is 34.9 Å². The van der Waals surface area contributed by atoms with Crippen LogP contribution in [0.3, 0.4) is 0 Å². The number of nitrogen functional groups attached to an aromatic ring is 4. The Morgan fingerprint density at radius 3 is 1.69 bits per heavy atom. The number of aromatic amines is 1. The maximum absolute atomic E-state index is 6.00. The van der Waals surface area contributed by atoms with E-state index in [0.717, 1.165) is 7.14 Å². The van der Waals surface area contributed by atoms with Crippen molar-refractivity contribution in [2.24, 2.45) is 0 Å². The summed E-state index contributed by atoms with van der Waals surface area (Å²) >= 11 is 44.2. The summed E-state index contributed by atoms with van der Waals surface area (Å²) in [6.07, 6.45) is 7.71. The van der Waals surface area contributed by atoms with Gasteiger partial charge in [0.1, 0.15) is 36.8 Å². The number of rotatable bonds is 2. The molecule has 0 spiro atoms. The molecule has 21 heteroatoms. The molecule has 0 atom stereocenters. The van der Waals surface area contributed by atoms with Crippen LogP contribution in [0.4, 0.5) is 23.3 Å². The molecule has 0 aliphatic heterocycles. The summed E-state index contributed by atoms with van der Waals surface area (Å²) in [4.78, 5) is 26.4. The second kappa shape index (κ2) is 20.7. The van der Waals surface area contributed by atoms with Gasteiger partial charge in [-0.1, -0.05) is 101 Å². The van der Waals surface area contributed by atoms with E-state index in [4.69, 9.17) is 105 Å². The fourth-order valence-corrected chi connectivity index (χ4v) is 5.10. The summed E-state index contributed by atoms with van der Waals surface area (Å²) in [7, 11) is 0. The van der Waals surface area contributed by atoms with E-state index in [0.29, 0.717) is 45.8 Å². The van der Waals surface area contributed by atoms with Gasteiger partial charge in [0.05, 0.1) is 21.3 Å². The van der Waals surface area contributed by atoms with Gasteiger partial charge < -0.3 is 27.9 Å². The highest BCUT2D eigenvalue weighted by Gasteiger charge is 2.11. The van der Waals surface area contributed by atoms with Gasteiger partial charge in [0.25, 0.3) is 0 Å². The van der Waals surface area contributed by atoms with E-state index in [9.17, 15) is 0 Å². The van der Waals surface area contributed by atoms with E-state index < -0.39 is 0 Å². The van der Waals surface area contributed by atoms with Gasteiger partial charge in [-0.25, -0.2) is 29.9 Å². The molecule has 11 nitrogen and oxygen atoms in total. The lowest BCUT2D eigenvalue weighted by Gasteiger charge is -2.06. The van der Waals surface area contributed by atoms with Crippen LogP contribution >= 0.6 is 139 Å². The molecule has 0 saturated carbocycles. The van der Waals surface area contributed by atoms with Crippen molar-refractivity contribution in [3.63, 3.8) is 0 Å². The zero-order valence-electron chi connectivity index (χ0n) is 21.5. The molecule has 5 aromatic rings. The number of pyridine rings is 3. The summed E-state index contributed by atoms with van der Waals surface area (Å²) in [6, 6.07) is 5.33. The predicted octanol–water partition coefficient (Wildman–Crippen LogP) is 9.42. The number of nitrogens with two attached hydrogens (primary N) is 4. The van der Waals surface area contributed by atoms with Gasteiger partial charge in [0.15, 0.2) is 11.6 Å². The van der Waals surface area contributed by atoms with Crippen LogP contribution in [-0.2, 0) is 0 Å². The largest absolute Gasteiger partial charge is 0.382 e. The Morgan fingerprint density at radius 2 is 1.20 bits per heavy atom. The summed E-state index contributed by atoms with van der Waals surface area (Å²) in [5, 5.41) is 2.88. The number of hydrogen-bond donors (Lipinski definition) is 5. The summed E-state index contributed by atoms with van der Waals surface area (Å²) in [6.45, 7) is 0. The smallest absolute Gasteiger partial charge is 0.160 e. The second-order valence-electron chi connectivity index (χ2n) is 7.32. The molecule has 5 heterocycles. The summed E-state index contributed by atoms with van der Waals surface area (Å²) in [5.41, 5.74) is 21.9. The number of hydrogen-bond acceptors (Lipinski definition) is 12. The number of halogens is 8. The Kier molecular flexibility index (Phi) is 19.2. The van der Waals surface area contributed by atoms with Gasteiger partial charge in [-0.3, -0.25) is 0 Å². The Labute approximate surface area is 325 Å². The summed E-state index contributed by atoms with van der Waals surface area (Å²) in [5.74, 6) is 1.16. The molecule has 0 aliphatic rings. The van der Waals surface area contributed by atoms with Crippen LogP contribution < -0.4 is 22.9 Å². The third-order valence-corrected chi connectivity index (χ3v) is 10.2. The van der Waals surface area contributed by atoms with Crippen molar-refractivity contribution in [2.45, 2.75) is 17.3 Å². The maximum atomic E-state index is 6.00. The topological polar surface area (TPSA) is 197 Å². The number of nitrogens with zero attached hydrogens (tertiary/aromatic N) is 6. The van der Waals surface area contributed by atoms with E-state index in [2.05, 4.69) is 80.1 Å². The van der Waals surface area contributed by atoms with E-state index in [-0.39, 0.29) is 30.0 Å². The molecule has 0 aromatic carbocycles. The molecule has 240 valence electrons. The average molecular weight is 994 g/mol. The molecular weight excluding hydrogens is 973 g/mol. The molecule has 0 saturated heterocycles. The highest BCUT2D eigenvalue weighted by atomic mass is 127. The van der Waals surface area contributed by atoms with E-state index in [1.165, 1.54) is 24.2 Å². The Hall–Kier alpha value is -1.42. The monoisotopic (exact) mass is 991 g/mol. The van der Waals surface area contributed by atoms with E-state index in [1.807, 2.05) is 0 Å². The van der Waals surface area contributed by atoms with Crippen molar-refractivity contribution in [3.8, 4) is 0 Å². The fourth-order valence-electron chi connectivity index (χ4n) is 2.30. The molecule has 5 rings (SSSR count). The number of anilines is 4. The zero-order valence-corrected chi connectivity index (χ0v) is 31.9. The second-order valence-corrected chi connectivity index (χ2v) is 13.4. The maximum Gasteiger partial charge on any atom is 0.160 e. The molecule has 0 radical (unpaired) electrons. The van der Waals surface area contributed by atoms with Gasteiger partial charge >= 0.3 is 0 Å². The Balaban J connectivity index is 0.000000313. The van der Waals surface area contributed by atoms with E-state index in [1.54, 1.807) is 36.8 Å². The minimum Gasteiger partial charge on any atom is -0.382 e. The van der Waals surface area contributed by atoms with E-state index >= 15 is 0 Å². The predicted molar refractivity (Wildman–Crippen MR) is 208 cm³/mol. The first-order valence-corrected chi connectivity index (χ1v) is 16.7. The van der Waals surface area contributed by atoms with Crippen molar-refractivity contribution in [3.05, 3.63) is 91.5 Å². The first-order valence-electron chi connectivity index (χ1n) is 11.1. The van der Waals surface area contributed by atoms with Gasteiger partial charge in [0, 0.05) is 36.8 Å². The highest BCUT2D eigenvalue weighted by molar-refractivity contribution is 14.1. The molecule has 9 N–H and O–H groups in total.